The van der Waals surface area contributed by atoms with E-state index in [9.17, 15) is 4.79 Å². The number of carbonyl (C=O) groups is 1. The lowest BCUT2D eigenvalue weighted by atomic mass is 10.2. The Morgan fingerprint density at radius 3 is 2.52 bits per heavy atom. The molecule has 3 heterocycles. The molecule has 1 aromatic carbocycles. The highest BCUT2D eigenvalue weighted by atomic mass is 32.1. The summed E-state index contributed by atoms with van der Waals surface area (Å²) in [5.74, 6) is 1.01. The molecule has 27 heavy (non-hydrogen) atoms. The molecule has 0 fully saturated rings. The summed E-state index contributed by atoms with van der Waals surface area (Å²) in [4.78, 5) is 29.9. The number of fused-ring (bicyclic) bond motifs is 1. The number of nitrogens with one attached hydrogen (secondary N) is 2. The number of thiophene rings is 1. The predicted octanol–water partition coefficient (Wildman–Crippen LogP) is 3.35. The molecule has 0 aliphatic rings. The summed E-state index contributed by atoms with van der Waals surface area (Å²) >= 11 is 1.57. The van der Waals surface area contributed by atoms with E-state index in [1.807, 2.05) is 23.6 Å². The van der Waals surface area contributed by atoms with Gasteiger partial charge < -0.3 is 14.5 Å². The van der Waals surface area contributed by atoms with Crippen LogP contribution < -0.4 is 14.8 Å². The van der Waals surface area contributed by atoms with E-state index in [4.69, 9.17) is 9.47 Å². The van der Waals surface area contributed by atoms with Crippen molar-refractivity contribution in [3.05, 3.63) is 47.3 Å². The highest BCUT2D eigenvalue weighted by Gasteiger charge is 2.17. The second-order valence-corrected chi connectivity index (χ2v) is 6.44. The lowest BCUT2D eigenvalue weighted by Crippen LogP contribution is -2.15. The van der Waals surface area contributed by atoms with E-state index < -0.39 is 0 Å². The van der Waals surface area contributed by atoms with Gasteiger partial charge in [-0.15, -0.1) is 11.3 Å². The summed E-state index contributed by atoms with van der Waals surface area (Å²) in [5.41, 5.74) is 1.76. The SMILES string of the molecule is COc1cc(OC)nc(NC(=O)c2cccc3[nH]c(-c4cccs4)nc23)n1. The van der Waals surface area contributed by atoms with Gasteiger partial charge in [0.2, 0.25) is 17.7 Å². The van der Waals surface area contributed by atoms with Gasteiger partial charge in [-0.25, -0.2) is 4.98 Å². The van der Waals surface area contributed by atoms with Crippen LogP contribution >= 0.6 is 11.3 Å². The van der Waals surface area contributed by atoms with E-state index in [0.29, 0.717) is 11.1 Å². The number of rotatable bonds is 5. The zero-order valence-corrected chi connectivity index (χ0v) is 15.3. The van der Waals surface area contributed by atoms with Gasteiger partial charge in [-0.1, -0.05) is 12.1 Å². The maximum absolute atomic E-state index is 12.8. The number of methoxy groups -OCH3 is 2. The maximum Gasteiger partial charge on any atom is 0.260 e. The minimum absolute atomic E-state index is 0.0854. The minimum Gasteiger partial charge on any atom is -0.481 e. The van der Waals surface area contributed by atoms with Gasteiger partial charge in [0.1, 0.15) is 11.3 Å². The van der Waals surface area contributed by atoms with Gasteiger partial charge in [0.05, 0.1) is 36.2 Å². The van der Waals surface area contributed by atoms with Crippen LogP contribution in [-0.4, -0.2) is 40.1 Å². The van der Waals surface area contributed by atoms with Crippen LogP contribution in [0.2, 0.25) is 0 Å². The van der Waals surface area contributed by atoms with Crippen LogP contribution in [0.3, 0.4) is 0 Å². The zero-order chi connectivity index (χ0) is 18.8. The fourth-order valence-electron chi connectivity index (χ4n) is 2.58. The molecule has 4 rings (SSSR count). The third kappa shape index (κ3) is 3.32. The molecule has 4 aromatic rings. The molecule has 0 radical (unpaired) electrons. The number of imidazole rings is 1. The highest BCUT2D eigenvalue weighted by molar-refractivity contribution is 7.13. The summed E-state index contributed by atoms with van der Waals surface area (Å²) in [5, 5.41) is 4.65. The molecule has 8 nitrogen and oxygen atoms in total. The molecule has 3 aromatic heterocycles. The Hall–Kier alpha value is -3.46. The van der Waals surface area contributed by atoms with Crippen molar-refractivity contribution in [2.75, 3.05) is 19.5 Å². The van der Waals surface area contributed by atoms with E-state index >= 15 is 0 Å². The molecule has 1 amide bonds. The van der Waals surface area contributed by atoms with E-state index in [1.165, 1.54) is 20.3 Å². The first-order chi connectivity index (χ1) is 13.2. The fraction of sp³-hybridized carbons (Fsp3) is 0.111. The molecule has 0 aliphatic heterocycles. The van der Waals surface area contributed by atoms with Gasteiger partial charge in [0.25, 0.3) is 5.91 Å². The van der Waals surface area contributed by atoms with Crippen LogP contribution in [0.15, 0.2) is 41.8 Å². The van der Waals surface area contributed by atoms with Gasteiger partial charge in [-0.05, 0) is 23.6 Å². The number of para-hydroxylation sites is 1. The molecule has 2 N–H and O–H groups in total. The quantitative estimate of drug-likeness (QED) is 0.550. The van der Waals surface area contributed by atoms with Crippen LogP contribution in [0.4, 0.5) is 5.95 Å². The van der Waals surface area contributed by atoms with Crippen LogP contribution in [-0.2, 0) is 0 Å². The lowest BCUT2D eigenvalue weighted by molar-refractivity contribution is 0.102. The molecule has 9 heteroatoms. The Bertz CT molecular complexity index is 1090. The number of amides is 1. The van der Waals surface area contributed by atoms with Crippen molar-refractivity contribution >= 4 is 34.2 Å². The zero-order valence-electron chi connectivity index (χ0n) is 14.5. The van der Waals surface area contributed by atoms with Gasteiger partial charge in [0.15, 0.2) is 0 Å². The minimum atomic E-state index is -0.375. The summed E-state index contributed by atoms with van der Waals surface area (Å²) < 4.78 is 10.2. The third-order valence-corrected chi connectivity index (χ3v) is 4.71. The number of carbonyl (C=O) groups excluding carboxylic acids is 1. The molecular weight excluding hydrogens is 366 g/mol. The largest absolute Gasteiger partial charge is 0.481 e. The topological polar surface area (TPSA) is 102 Å². The number of hydrogen-bond donors (Lipinski definition) is 2. The third-order valence-electron chi connectivity index (χ3n) is 3.83. The Balaban J connectivity index is 1.69. The van der Waals surface area contributed by atoms with Crippen molar-refractivity contribution in [3.63, 3.8) is 0 Å². The number of H-pyrrole nitrogens is 1. The Morgan fingerprint density at radius 1 is 1.07 bits per heavy atom. The van der Waals surface area contributed by atoms with Crippen LogP contribution in [0.5, 0.6) is 11.8 Å². The molecule has 0 bridgehead atoms. The molecule has 0 spiro atoms. The second-order valence-electron chi connectivity index (χ2n) is 5.49. The fourth-order valence-corrected chi connectivity index (χ4v) is 3.25. The van der Waals surface area contributed by atoms with Crippen molar-refractivity contribution in [3.8, 4) is 22.5 Å². The molecule has 0 unspecified atom stereocenters. The van der Waals surface area contributed by atoms with Crippen LogP contribution in [0.1, 0.15) is 10.4 Å². The number of aromatic amines is 1. The number of anilines is 1. The number of ether oxygens (including phenoxy) is 2. The Morgan fingerprint density at radius 2 is 1.85 bits per heavy atom. The van der Waals surface area contributed by atoms with Gasteiger partial charge in [0, 0.05) is 0 Å². The lowest BCUT2D eigenvalue weighted by Gasteiger charge is -2.07. The van der Waals surface area contributed by atoms with Gasteiger partial charge in [-0.2, -0.15) is 9.97 Å². The molecule has 0 saturated heterocycles. The van der Waals surface area contributed by atoms with E-state index in [2.05, 4.69) is 25.3 Å². The Labute approximate surface area is 158 Å². The highest BCUT2D eigenvalue weighted by Crippen LogP contribution is 2.26. The van der Waals surface area contributed by atoms with Crippen molar-refractivity contribution in [1.82, 2.24) is 19.9 Å². The smallest absolute Gasteiger partial charge is 0.260 e. The number of hydrogen-bond acceptors (Lipinski definition) is 7. The first kappa shape index (κ1) is 17.0. The van der Waals surface area contributed by atoms with E-state index in [1.54, 1.807) is 23.5 Å². The van der Waals surface area contributed by atoms with Gasteiger partial charge in [-0.3, -0.25) is 10.1 Å². The molecule has 0 atom stereocenters. The number of nitrogens with zero attached hydrogens (tertiary/aromatic N) is 3. The molecular formula is C18H15N5O3S. The van der Waals surface area contributed by atoms with Crippen molar-refractivity contribution in [2.24, 2.45) is 0 Å². The average Bonchev–Trinajstić information content (AvgIpc) is 3.36. The summed E-state index contributed by atoms with van der Waals surface area (Å²) in [7, 11) is 2.95. The van der Waals surface area contributed by atoms with Gasteiger partial charge >= 0.3 is 0 Å². The normalized spacial score (nSPS) is 10.7. The molecule has 0 saturated carbocycles. The Kier molecular flexibility index (Phi) is 4.43. The first-order valence-corrected chi connectivity index (χ1v) is 8.87. The maximum atomic E-state index is 12.8. The number of aromatic nitrogens is 4. The van der Waals surface area contributed by atoms with E-state index in [0.717, 1.165) is 16.2 Å². The number of benzene rings is 1. The summed E-state index contributed by atoms with van der Waals surface area (Å²) in [6.45, 7) is 0. The summed E-state index contributed by atoms with van der Waals surface area (Å²) in [6.07, 6.45) is 0. The van der Waals surface area contributed by atoms with Crippen LogP contribution in [0, 0.1) is 0 Å². The van der Waals surface area contributed by atoms with Crippen LogP contribution in [0.25, 0.3) is 21.7 Å². The molecule has 136 valence electrons. The predicted molar refractivity (Wildman–Crippen MR) is 102 cm³/mol. The van der Waals surface area contributed by atoms with Crippen molar-refractivity contribution < 1.29 is 14.3 Å². The molecule has 0 aliphatic carbocycles. The van der Waals surface area contributed by atoms with Crippen molar-refractivity contribution in [1.29, 1.82) is 0 Å². The summed E-state index contributed by atoms with van der Waals surface area (Å²) in [6, 6.07) is 10.8. The average molecular weight is 381 g/mol. The standard InChI is InChI=1S/C18H15N5O3S/c1-25-13-9-14(26-2)21-18(20-13)23-17(24)10-5-3-6-11-15(10)22-16(19-11)12-7-4-8-27-12/h3-9H,1-2H3,(H,19,22)(H,20,21,23,24). The monoisotopic (exact) mass is 381 g/mol. The second kappa shape index (κ2) is 7.04. The van der Waals surface area contributed by atoms with Crippen molar-refractivity contribution in [2.45, 2.75) is 0 Å². The van der Waals surface area contributed by atoms with E-state index in [-0.39, 0.29) is 23.6 Å². The first-order valence-electron chi connectivity index (χ1n) is 7.99.